The summed E-state index contributed by atoms with van der Waals surface area (Å²) in [6, 6.07) is 5.65. The highest BCUT2D eigenvalue weighted by Gasteiger charge is 2.17. The smallest absolute Gasteiger partial charge is 0.338 e. The van der Waals surface area contributed by atoms with Gasteiger partial charge < -0.3 is 15.3 Å². The highest BCUT2D eigenvalue weighted by Crippen LogP contribution is 2.25. The summed E-state index contributed by atoms with van der Waals surface area (Å²) in [6.45, 7) is 5.35. The first-order valence-corrected chi connectivity index (χ1v) is 7.88. The molecule has 0 aromatic heterocycles. The number of hydrogen-bond donors (Lipinski definition) is 2. The fourth-order valence-electron chi connectivity index (χ4n) is 2.70. The van der Waals surface area contributed by atoms with E-state index in [1.807, 2.05) is 12.1 Å². The van der Waals surface area contributed by atoms with Crippen LogP contribution in [0.4, 0.5) is 5.69 Å². The van der Waals surface area contributed by atoms with Gasteiger partial charge in [0.2, 0.25) is 0 Å². The lowest BCUT2D eigenvalue weighted by molar-refractivity contribution is 0.0697. The van der Waals surface area contributed by atoms with Gasteiger partial charge in [-0.3, -0.25) is 0 Å². The maximum Gasteiger partial charge on any atom is 0.338 e. The zero-order valence-corrected chi connectivity index (χ0v) is 13.3. The van der Waals surface area contributed by atoms with Crippen LogP contribution in [0.25, 0.3) is 0 Å². The summed E-state index contributed by atoms with van der Waals surface area (Å²) in [5, 5.41) is 12.6. The normalized spacial score (nSPS) is 17.7. The van der Waals surface area contributed by atoms with E-state index in [0.717, 1.165) is 19.6 Å². The van der Waals surface area contributed by atoms with E-state index in [4.69, 9.17) is 0 Å². The van der Waals surface area contributed by atoms with Gasteiger partial charge in [0.15, 0.2) is 0 Å². The third kappa shape index (κ3) is 3.96. The quantitative estimate of drug-likeness (QED) is 0.862. The molecule has 0 aliphatic carbocycles. The number of halogens is 1. The molecule has 0 bridgehead atoms. The third-order valence-electron chi connectivity index (χ3n) is 3.61. The maximum absolute atomic E-state index is 11.3. The van der Waals surface area contributed by atoms with Gasteiger partial charge in [-0.1, -0.05) is 12.5 Å². The molecule has 5 heteroatoms. The number of carboxylic acids is 1. The summed E-state index contributed by atoms with van der Waals surface area (Å²) >= 11 is 3.30. The number of carbonyl (C=O) groups is 1. The van der Waals surface area contributed by atoms with E-state index in [0.29, 0.717) is 15.7 Å². The Labute approximate surface area is 128 Å². The SMILES string of the molecule is CC(CN1CCCCC1)Nc1cccc(Br)c1C(=O)O. The summed E-state index contributed by atoms with van der Waals surface area (Å²) in [6.07, 6.45) is 3.86. The van der Waals surface area contributed by atoms with Gasteiger partial charge in [-0.05, 0) is 60.9 Å². The Bertz CT molecular complexity index is 473. The monoisotopic (exact) mass is 340 g/mol. The zero-order chi connectivity index (χ0) is 14.5. The summed E-state index contributed by atoms with van der Waals surface area (Å²) in [5.74, 6) is -0.912. The minimum atomic E-state index is -0.912. The molecule has 2 N–H and O–H groups in total. The Morgan fingerprint density at radius 3 is 2.75 bits per heavy atom. The predicted molar refractivity (Wildman–Crippen MR) is 84.5 cm³/mol. The van der Waals surface area contributed by atoms with Crippen LogP contribution in [-0.2, 0) is 0 Å². The molecule has 1 unspecified atom stereocenters. The number of hydrogen-bond acceptors (Lipinski definition) is 3. The van der Waals surface area contributed by atoms with Crippen LogP contribution in [0.15, 0.2) is 22.7 Å². The van der Waals surface area contributed by atoms with Crippen molar-refractivity contribution in [2.45, 2.75) is 32.2 Å². The topological polar surface area (TPSA) is 52.6 Å². The number of likely N-dealkylation sites (tertiary alicyclic amines) is 1. The van der Waals surface area contributed by atoms with E-state index in [1.54, 1.807) is 6.07 Å². The van der Waals surface area contributed by atoms with Crippen molar-refractivity contribution in [1.29, 1.82) is 0 Å². The van der Waals surface area contributed by atoms with Gasteiger partial charge in [-0.15, -0.1) is 0 Å². The third-order valence-corrected chi connectivity index (χ3v) is 4.27. The lowest BCUT2D eigenvalue weighted by Gasteiger charge is -2.30. The molecule has 4 nitrogen and oxygen atoms in total. The molecule has 1 saturated heterocycles. The first-order chi connectivity index (χ1) is 9.58. The predicted octanol–water partition coefficient (Wildman–Crippen LogP) is 3.43. The van der Waals surface area contributed by atoms with Crippen LogP contribution in [0, 0.1) is 0 Å². The number of carboxylic acid groups (broad SMARTS) is 1. The molecule has 0 saturated carbocycles. The van der Waals surface area contributed by atoms with Crippen LogP contribution in [0.1, 0.15) is 36.5 Å². The van der Waals surface area contributed by atoms with E-state index in [1.165, 1.54) is 19.3 Å². The van der Waals surface area contributed by atoms with Crippen LogP contribution < -0.4 is 5.32 Å². The molecule has 1 fully saturated rings. The van der Waals surface area contributed by atoms with E-state index in [-0.39, 0.29) is 6.04 Å². The number of aromatic carboxylic acids is 1. The molecule has 1 aliphatic rings. The number of benzene rings is 1. The van der Waals surface area contributed by atoms with E-state index >= 15 is 0 Å². The van der Waals surface area contributed by atoms with Crippen LogP contribution in [0.2, 0.25) is 0 Å². The Hall–Kier alpha value is -1.07. The minimum Gasteiger partial charge on any atom is -0.478 e. The van der Waals surface area contributed by atoms with Crippen molar-refractivity contribution in [2.24, 2.45) is 0 Å². The van der Waals surface area contributed by atoms with Gasteiger partial charge >= 0.3 is 5.97 Å². The van der Waals surface area contributed by atoms with Crippen molar-refractivity contribution >= 4 is 27.6 Å². The largest absolute Gasteiger partial charge is 0.478 e. The molecule has 1 aliphatic heterocycles. The van der Waals surface area contributed by atoms with Crippen LogP contribution in [-0.4, -0.2) is 41.7 Å². The molecule has 110 valence electrons. The lowest BCUT2D eigenvalue weighted by atomic mass is 10.1. The Morgan fingerprint density at radius 2 is 2.10 bits per heavy atom. The summed E-state index contributed by atoms with van der Waals surface area (Å²) in [7, 11) is 0. The maximum atomic E-state index is 11.3. The number of nitrogens with one attached hydrogen (secondary N) is 1. The molecule has 0 spiro atoms. The minimum absolute atomic E-state index is 0.223. The van der Waals surface area contributed by atoms with E-state index < -0.39 is 5.97 Å². The van der Waals surface area contributed by atoms with Gasteiger partial charge in [0.1, 0.15) is 0 Å². The molecular weight excluding hydrogens is 320 g/mol. The highest BCUT2D eigenvalue weighted by molar-refractivity contribution is 9.10. The highest BCUT2D eigenvalue weighted by atomic mass is 79.9. The van der Waals surface area contributed by atoms with Crippen molar-refractivity contribution in [3.05, 3.63) is 28.2 Å². The average Bonchev–Trinajstić information content (AvgIpc) is 2.39. The van der Waals surface area contributed by atoms with Crippen molar-refractivity contribution in [2.75, 3.05) is 25.0 Å². The molecule has 1 aromatic carbocycles. The zero-order valence-electron chi connectivity index (χ0n) is 11.7. The molecule has 2 rings (SSSR count). The number of piperidine rings is 1. The average molecular weight is 341 g/mol. The van der Waals surface area contributed by atoms with Crippen molar-refractivity contribution in [3.8, 4) is 0 Å². The molecule has 0 radical (unpaired) electrons. The Morgan fingerprint density at radius 1 is 1.40 bits per heavy atom. The van der Waals surface area contributed by atoms with Gasteiger partial charge in [-0.25, -0.2) is 4.79 Å². The first kappa shape index (κ1) is 15.3. The summed E-state index contributed by atoms with van der Waals surface area (Å²) < 4.78 is 0.611. The standard InChI is InChI=1S/C15H21BrN2O2/c1-11(10-18-8-3-2-4-9-18)17-13-7-5-6-12(16)14(13)15(19)20/h5-7,11,17H,2-4,8-10H2,1H3,(H,19,20). The molecule has 20 heavy (non-hydrogen) atoms. The van der Waals surface area contributed by atoms with Gasteiger partial charge in [-0.2, -0.15) is 0 Å². The second-order valence-corrected chi connectivity index (χ2v) is 6.23. The molecule has 1 atom stereocenters. The van der Waals surface area contributed by atoms with Crippen LogP contribution >= 0.6 is 15.9 Å². The number of anilines is 1. The van der Waals surface area contributed by atoms with Gasteiger partial charge in [0.05, 0.1) is 11.3 Å². The Balaban J connectivity index is 2.01. The van der Waals surface area contributed by atoms with Gasteiger partial charge in [0.25, 0.3) is 0 Å². The molecular formula is C15H21BrN2O2. The second-order valence-electron chi connectivity index (χ2n) is 5.37. The van der Waals surface area contributed by atoms with Crippen LogP contribution in [0.5, 0.6) is 0 Å². The van der Waals surface area contributed by atoms with Crippen LogP contribution in [0.3, 0.4) is 0 Å². The molecule has 1 heterocycles. The van der Waals surface area contributed by atoms with Crippen molar-refractivity contribution < 1.29 is 9.90 Å². The van der Waals surface area contributed by atoms with Gasteiger partial charge in [0, 0.05) is 17.1 Å². The van der Waals surface area contributed by atoms with Crippen molar-refractivity contribution in [1.82, 2.24) is 4.90 Å². The fourth-order valence-corrected chi connectivity index (χ4v) is 3.24. The summed E-state index contributed by atoms with van der Waals surface area (Å²) in [4.78, 5) is 13.8. The number of rotatable bonds is 5. The molecule has 0 amide bonds. The first-order valence-electron chi connectivity index (χ1n) is 7.08. The number of nitrogens with zero attached hydrogens (tertiary/aromatic N) is 1. The summed E-state index contributed by atoms with van der Waals surface area (Å²) in [5.41, 5.74) is 0.981. The van der Waals surface area contributed by atoms with Crippen molar-refractivity contribution in [3.63, 3.8) is 0 Å². The molecule has 1 aromatic rings. The van der Waals surface area contributed by atoms with E-state index in [2.05, 4.69) is 33.1 Å². The van der Waals surface area contributed by atoms with E-state index in [9.17, 15) is 9.90 Å². The Kier molecular flexibility index (Phi) is 5.43. The fraction of sp³-hybridized carbons (Fsp3) is 0.533. The second kappa shape index (κ2) is 7.09. The lowest BCUT2D eigenvalue weighted by Crippen LogP contribution is -2.38.